The molecule has 0 aromatic carbocycles. The summed E-state index contributed by atoms with van der Waals surface area (Å²) in [5.41, 5.74) is -0.959. The molecule has 14 heavy (non-hydrogen) atoms. The standard InChI is InChI=1S/C9H14N2O2S/c1-9(2,7-10)8(12)11-3-5-14(13)6-4-11/h3-6H2,1-2H3. The molecule has 0 spiro atoms. The molecule has 1 aliphatic heterocycles. The number of amides is 1. The fraction of sp³-hybridized carbons (Fsp3) is 0.778. The summed E-state index contributed by atoms with van der Waals surface area (Å²) >= 11 is 0. The van der Waals surface area contributed by atoms with Crippen LogP contribution in [0, 0.1) is 16.7 Å². The van der Waals surface area contributed by atoms with Crippen LogP contribution in [0.4, 0.5) is 0 Å². The molecule has 5 heteroatoms. The molecule has 1 aliphatic rings. The van der Waals surface area contributed by atoms with Crippen LogP contribution in [-0.4, -0.2) is 39.6 Å². The highest BCUT2D eigenvalue weighted by Crippen LogP contribution is 2.18. The van der Waals surface area contributed by atoms with Crippen LogP contribution in [0.2, 0.25) is 0 Å². The smallest absolute Gasteiger partial charge is 0.242 e. The summed E-state index contributed by atoms with van der Waals surface area (Å²) in [6.07, 6.45) is 0. The van der Waals surface area contributed by atoms with E-state index >= 15 is 0 Å². The zero-order valence-corrected chi connectivity index (χ0v) is 9.26. The van der Waals surface area contributed by atoms with Gasteiger partial charge in [0, 0.05) is 35.4 Å². The highest BCUT2D eigenvalue weighted by molar-refractivity contribution is 7.85. The Hall–Kier alpha value is -0.890. The molecular weight excluding hydrogens is 200 g/mol. The first kappa shape index (κ1) is 11.2. The topological polar surface area (TPSA) is 61.2 Å². The Morgan fingerprint density at radius 1 is 1.43 bits per heavy atom. The first-order chi connectivity index (χ1) is 6.47. The maximum absolute atomic E-state index is 11.8. The van der Waals surface area contributed by atoms with Gasteiger partial charge in [0.25, 0.3) is 0 Å². The van der Waals surface area contributed by atoms with Gasteiger partial charge in [-0.3, -0.25) is 9.00 Å². The van der Waals surface area contributed by atoms with Crippen LogP contribution in [-0.2, 0) is 15.6 Å². The largest absolute Gasteiger partial charge is 0.339 e. The Balaban J connectivity index is 2.64. The minimum Gasteiger partial charge on any atom is -0.339 e. The molecule has 0 N–H and O–H groups in total. The van der Waals surface area contributed by atoms with Crippen molar-refractivity contribution < 1.29 is 9.00 Å². The second kappa shape index (κ2) is 4.09. The second-order valence-electron chi connectivity index (χ2n) is 3.88. The number of rotatable bonds is 1. The van der Waals surface area contributed by atoms with Gasteiger partial charge in [-0.25, -0.2) is 0 Å². The molecule has 78 valence electrons. The highest BCUT2D eigenvalue weighted by Gasteiger charge is 2.33. The number of nitrogens with zero attached hydrogens (tertiary/aromatic N) is 2. The number of carbonyl (C=O) groups excluding carboxylic acids is 1. The van der Waals surface area contributed by atoms with Gasteiger partial charge < -0.3 is 4.90 Å². The second-order valence-corrected chi connectivity index (χ2v) is 5.57. The molecule has 0 atom stereocenters. The molecule has 0 aromatic rings. The van der Waals surface area contributed by atoms with Crippen molar-refractivity contribution in [3.63, 3.8) is 0 Å². The Labute approximate surface area is 86.3 Å². The third-order valence-corrected chi connectivity index (χ3v) is 3.55. The summed E-state index contributed by atoms with van der Waals surface area (Å²) in [5, 5.41) is 8.79. The Kier molecular flexibility index (Phi) is 3.27. The molecule has 0 bridgehead atoms. The molecule has 0 unspecified atom stereocenters. The van der Waals surface area contributed by atoms with Crippen molar-refractivity contribution in [2.45, 2.75) is 13.8 Å². The average Bonchev–Trinajstić information content (AvgIpc) is 2.18. The van der Waals surface area contributed by atoms with E-state index in [9.17, 15) is 9.00 Å². The van der Waals surface area contributed by atoms with E-state index in [1.165, 1.54) is 0 Å². The van der Waals surface area contributed by atoms with Crippen LogP contribution in [0.5, 0.6) is 0 Å². The fourth-order valence-corrected chi connectivity index (χ4v) is 2.34. The van der Waals surface area contributed by atoms with Gasteiger partial charge in [0.05, 0.1) is 6.07 Å². The normalized spacial score (nSPS) is 19.1. The molecule has 0 aromatic heterocycles. The first-order valence-electron chi connectivity index (χ1n) is 4.53. The van der Waals surface area contributed by atoms with Crippen molar-refractivity contribution in [2.24, 2.45) is 5.41 Å². The van der Waals surface area contributed by atoms with Gasteiger partial charge in [-0.05, 0) is 13.8 Å². The lowest BCUT2D eigenvalue weighted by molar-refractivity contribution is -0.137. The van der Waals surface area contributed by atoms with Crippen molar-refractivity contribution in [3.05, 3.63) is 0 Å². The van der Waals surface area contributed by atoms with E-state index in [1.54, 1.807) is 18.7 Å². The monoisotopic (exact) mass is 214 g/mol. The number of nitriles is 1. The fourth-order valence-electron chi connectivity index (χ4n) is 1.28. The van der Waals surface area contributed by atoms with Crippen molar-refractivity contribution in [1.82, 2.24) is 4.90 Å². The van der Waals surface area contributed by atoms with Crippen molar-refractivity contribution in [1.29, 1.82) is 5.26 Å². The van der Waals surface area contributed by atoms with Gasteiger partial charge >= 0.3 is 0 Å². The lowest BCUT2D eigenvalue weighted by Gasteiger charge is -2.30. The third kappa shape index (κ3) is 2.32. The summed E-state index contributed by atoms with van der Waals surface area (Å²) in [7, 11) is -0.783. The molecule has 0 aliphatic carbocycles. The van der Waals surface area contributed by atoms with Crippen LogP contribution in [0.3, 0.4) is 0 Å². The zero-order chi connectivity index (χ0) is 10.8. The van der Waals surface area contributed by atoms with Gasteiger partial charge in [-0.2, -0.15) is 5.26 Å². The number of carbonyl (C=O) groups is 1. The summed E-state index contributed by atoms with van der Waals surface area (Å²) in [4.78, 5) is 13.4. The third-order valence-electron chi connectivity index (χ3n) is 2.28. The van der Waals surface area contributed by atoms with E-state index in [2.05, 4.69) is 0 Å². The van der Waals surface area contributed by atoms with Crippen LogP contribution in [0.1, 0.15) is 13.8 Å². The minimum atomic E-state index is -0.959. The maximum atomic E-state index is 11.8. The molecule has 1 fully saturated rings. The predicted octanol–water partition coefficient (Wildman–Crippen LogP) is 0.127. The van der Waals surface area contributed by atoms with Crippen molar-refractivity contribution >= 4 is 16.7 Å². The Morgan fingerprint density at radius 3 is 2.36 bits per heavy atom. The molecule has 1 heterocycles. The van der Waals surface area contributed by atoms with Crippen LogP contribution in [0.25, 0.3) is 0 Å². The molecule has 1 rings (SSSR count). The van der Waals surface area contributed by atoms with Crippen molar-refractivity contribution in [3.8, 4) is 6.07 Å². The van der Waals surface area contributed by atoms with Crippen LogP contribution >= 0.6 is 0 Å². The van der Waals surface area contributed by atoms with E-state index < -0.39 is 16.2 Å². The van der Waals surface area contributed by atoms with Gasteiger partial charge in [-0.15, -0.1) is 0 Å². The summed E-state index contributed by atoms with van der Waals surface area (Å²) in [6.45, 7) is 4.24. The first-order valence-corrected chi connectivity index (χ1v) is 6.02. The predicted molar refractivity (Wildman–Crippen MR) is 53.9 cm³/mol. The summed E-state index contributed by atoms with van der Waals surface area (Å²) in [6, 6.07) is 1.98. The van der Waals surface area contributed by atoms with E-state index in [0.29, 0.717) is 24.6 Å². The quantitative estimate of drug-likeness (QED) is 0.623. The lowest BCUT2D eigenvalue weighted by atomic mass is 9.94. The van der Waals surface area contributed by atoms with E-state index in [1.807, 2.05) is 6.07 Å². The summed E-state index contributed by atoms with van der Waals surface area (Å²) < 4.78 is 11.1. The minimum absolute atomic E-state index is 0.156. The SMILES string of the molecule is CC(C)(C#N)C(=O)N1CCS(=O)CC1. The Morgan fingerprint density at radius 2 is 1.93 bits per heavy atom. The molecule has 4 nitrogen and oxygen atoms in total. The lowest BCUT2D eigenvalue weighted by Crippen LogP contribution is -2.47. The van der Waals surface area contributed by atoms with E-state index in [4.69, 9.17) is 5.26 Å². The number of hydrogen-bond donors (Lipinski definition) is 0. The van der Waals surface area contributed by atoms with Crippen LogP contribution in [0.15, 0.2) is 0 Å². The average molecular weight is 214 g/mol. The molecular formula is C9H14N2O2S. The highest BCUT2D eigenvalue weighted by atomic mass is 32.2. The molecule has 0 saturated carbocycles. The summed E-state index contributed by atoms with van der Waals surface area (Å²) in [5.74, 6) is 0.914. The molecule has 1 amide bonds. The zero-order valence-electron chi connectivity index (χ0n) is 8.45. The van der Waals surface area contributed by atoms with Gasteiger partial charge in [0.1, 0.15) is 5.41 Å². The van der Waals surface area contributed by atoms with Gasteiger partial charge in [0.15, 0.2) is 0 Å². The number of hydrogen-bond acceptors (Lipinski definition) is 3. The Bertz CT molecular complexity index is 296. The van der Waals surface area contributed by atoms with Crippen LogP contribution < -0.4 is 0 Å². The van der Waals surface area contributed by atoms with E-state index in [0.717, 1.165) is 0 Å². The molecule has 0 radical (unpaired) electrons. The molecule has 1 saturated heterocycles. The van der Waals surface area contributed by atoms with Gasteiger partial charge in [0.2, 0.25) is 5.91 Å². The van der Waals surface area contributed by atoms with E-state index in [-0.39, 0.29) is 5.91 Å². The van der Waals surface area contributed by atoms with Gasteiger partial charge in [-0.1, -0.05) is 0 Å². The maximum Gasteiger partial charge on any atom is 0.242 e. The van der Waals surface area contributed by atoms with Crippen molar-refractivity contribution in [2.75, 3.05) is 24.6 Å².